The Kier molecular flexibility index (Phi) is 5.48. The highest BCUT2D eigenvalue weighted by Gasteiger charge is 2.16. The maximum absolute atomic E-state index is 11.7. The Morgan fingerprint density at radius 3 is 2.55 bits per heavy atom. The quantitative estimate of drug-likeness (QED) is 0.509. The van der Waals surface area contributed by atoms with Crippen LogP contribution in [0.25, 0.3) is 0 Å². The lowest BCUT2D eigenvalue weighted by molar-refractivity contribution is -0.136. The number of nitrogens with one attached hydrogen (secondary N) is 4. The fourth-order valence-corrected chi connectivity index (χ4v) is 2.27. The topological polar surface area (TPSA) is 127 Å². The van der Waals surface area contributed by atoms with Crippen LogP contribution in [0.3, 0.4) is 0 Å². The normalized spacial score (nSPS) is 15.3. The first-order valence-corrected chi connectivity index (χ1v) is 7.20. The predicted molar refractivity (Wildman–Crippen MR) is 79.6 cm³/mol. The van der Waals surface area contributed by atoms with E-state index >= 15 is 0 Å². The molecular weight excluding hydrogens is 290 g/mol. The van der Waals surface area contributed by atoms with Crippen molar-refractivity contribution in [2.24, 2.45) is 0 Å². The minimum atomic E-state index is -0.948. The number of hydrogen-bond acceptors (Lipinski definition) is 5. The van der Waals surface area contributed by atoms with E-state index in [1.54, 1.807) is 0 Å². The molecule has 22 heavy (non-hydrogen) atoms. The number of aromatic amines is 2. The van der Waals surface area contributed by atoms with Crippen LogP contribution in [0.4, 0.5) is 5.69 Å². The Morgan fingerprint density at radius 1 is 1.14 bits per heavy atom. The van der Waals surface area contributed by atoms with Crippen LogP contribution < -0.4 is 21.9 Å². The molecule has 120 valence electrons. The fraction of sp³-hybridized carbons (Fsp3) is 0.538. The standard InChI is InChI=1S/C13H19N5O4/c19-10-9(8-15-13(22)17-10)16-12(21)11(20)14-4-7-18-5-2-1-3-6-18/h8H,1-7H2,(H,14,20)(H,16,21)(H2,15,17,19,22). The van der Waals surface area contributed by atoms with E-state index in [4.69, 9.17) is 0 Å². The van der Waals surface area contributed by atoms with Crippen LogP contribution in [-0.2, 0) is 9.59 Å². The second-order valence-corrected chi connectivity index (χ2v) is 5.10. The number of piperidine rings is 1. The summed E-state index contributed by atoms with van der Waals surface area (Å²) in [6, 6.07) is 0. The maximum Gasteiger partial charge on any atom is 0.325 e. The van der Waals surface area contributed by atoms with Gasteiger partial charge in [0.25, 0.3) is 5.56 Å². The molecule has 0 unspecified atom stereocenters. The van der Waals surface area contributed by atoms with E-state index in [1.165, 1.54) is 6.42 Å². The number of likely N-dealkylation sites (tertiary alicyclic amines) is 1. The molecule has 0 aromatic carbocycles. The monoisotopic (exact) mass is 309 g/mol. The first-order valence-electron chi connectivity index (χ1n) is 7.20. The van der Waals surface area contributed by atoms with Gasteiger partial charge in [-0.1, -0.05) is 6.42 Å². The van der Waals surface area contributed by atoms with Crippen LogP contribution in [0.2, 0.25) is 0 Å². The van der Waals surface area contributed by atoms with E-state index in [2.05, 4.69) is 20.5 Å². The molecule has 1 fully saturated rings. The van der Waals surface area contributed by atoms with Gasteiger partial charge in [0, 0.05) is 19.3 Å². The van der Waals surface area contributed by atoms with Gasteiger partial charge in [-0.3, -0.25) is 19.4 Å². The lowest BCUT2D eigenvalue weighted by atomic mass is 10.1. The molecule has 0 aliphatic carbocycles. The van der Waals surface area contributed by atoms with Crippen LogP contribution in [0.15, 0.2) is 15.8 Å². The van der Waals surface area contributed by atoms with Gasteiger partial charge in [-0.15, -0.1) is 0 Å². The Labute approximate surface area is 126 Å². The Balaban J connectivity index is 1.78. The number of aromatic nitrogens is 2. The molecule has 9 nitrogen and oxygen atoms in total. The molecule has 0 saturated carbocycles. The summed E-state index contributed by atoms with van der Waals surface area (Å²) in [5.74, 6) is -1.76. The van der Waals surface area contributed by atoms with E-state index in [0.717, 1.165) is 32.1 Å². The third kappa shape index (κ3) is 4.55. The van der Waals surface area contributed by atoms with Gasteiger partial charge in [0.15, 0.2) is 0 Å². The Morgan fingerprint density at radius 2 is 1.86 bits per heavy atom. The minimum Gasteiger partial charge on any atom is -0.347 e. The van der Waals surface area contributed by atoms with E-state index in [9.17, 15) is 19.2 Å². The van der Waals surface area contributed by atoms with Crippen LogP contribution in [0.1, 0.15) is 19.3 Å². The van der Waals surface area contributed by atoms with Crippen molar-refractivity contribution in [1.82, 2.24) is 20.2 Å². The molecule has 0 bridgehead atoms. The first kappa shape index (κ1) is 16.0. The number of H-pyrrole nitrogens is 2. The zero-order chi connectivity index (χ0) is 15.9. The second-order valence-electron chi connectivity index (χ2n) is 5.10. The summed E-state index contributed by atoms with van der Waals surface area (Å²) < 4.78 is 0. The van der Waals surface area contributed by atoms with Crippen LogP contribution >= 0.6 is 0 Å². The average molecular weight is 309 g/mol. The lowest BCUT2D eigenvalue weighted by Crippen LogP contribution is -2.42. The number of carbonyl (C=O) groups excluding carboxylic acids is 2. The predicted octanol–water partition coefficient (Wildman–Crippen LogP) is -1.40. The number of carbonyl (C=O) groups is 2. The highest BCUT2D eigenvalue weighted by atomic mass is 16.2. The molecule has 2 heterocycles. The SMILES string of the molecule is O=C(NCCN1CCCCC1)C(=O)Nc1c[nH]c(=O)[nH]c1=O. The molecule has 0 spiro atoms. The van der Waals surface area contributed by atoms with Crippen LogP contribution in [-0.4, -0.2) is 52.9 Å². The highest BCUT2D eigenvalue weighted by Crippen LogP contribution is 2.07. The van der Waals surface area contributed by atoms with Gasteiger partial charge in [-0.05, 0) is 25.9 Å². The third-order valence-electron chi connectivity index (χ3n) is 3.44. The van der Waals surface area contributed by atoms with E-state index in [1.807, 2.05) is 4.98 Å². The van der Waals surface area contributed by atoms with Crippen molar-refractivity contribution >= 4 is 17.5 Å². The van der Waals surface area contributed by atoms with Crippen molar-refractivity contribution < 1.29 is 9.59 Å². The largest absolute Gasteiger partial charge is 0.347 e. The fourth-order valence-electron chi connectivity index (χ4n) is 2.27. The second kappa shape index (κ2) is 7.55. The van der Waals surface area contributed by atoms with Gasteiger partial charge in [-0.2, -0.15) is 0 Å². The molecule has 2 amide bonds. The minimum absolute atomic E-state index is 0.184. The smallest absolute Gasteiger partial charge is 0.325 e. The molecule has 0 atom stereocenters. The molecule has 0 radical (unpaired) electrons. The number of rotatable bonds is 4. The summed E-state index contributed by atoms with van der Waals surface area (Å²) in [4.78, 5) is 51.9. The Hall–Kier alpha value is -2.42. The van der Waals surface area contributed by atoms with Gasteiger partial charge in [0.2, 0.25) is 0 Å². The third-order valence-corrected chi connectivity index (χ3v) is 3.44. The van der Waals surface area contributed by atoms with Gasteiger partial charge in [0.1, 0.15) is 5.69 Å². The van der Waals surface area contributed by atoms with Gasteiger partial charge in [0.05, 0.1) is 0 Å². The Bertz CT molecular complexity index is 644. The van der Waals surface area contributed by atoms with Crippen molar-refractivity contribution in [3.8, 4) is 0 Å². The summed E-state index contributed by atoms with van der Waals surface area (Å²) >= 11 is 0. The molecule has 1 aromatic heterocycles. The van der Waals surface area contributed by atoms with Crippen molar-refractivity contribution in [3.05, 3.63) is 27.0 Å². The number of hydrogen-bond donors (Lipinski definition) is 4. The summed E-state index contributed by atoms with van der Waals surface area (Å²) in [5, 5.41) is 4.65. The van der Waals surface area contributed by atoms with E-state index in [0.29, 0.717) is 13.1 Å². The van der Waals surface area contributed by atoms with Crippen molar-refractivity contribution in [2.75, 3.05) is 31.5 Å². The van der Waals surface area contributed by atoms with Gasteiger partial charge in [-0.25, -0.2) is 4.79 Å². The van der Waals surface area contributed by atoms with Gasteiger partial charge >= 0.3 is 17.5 Å². The number of nitrogens with zero attached hydrogens (tertiary/aromatic N) is 1. The lowest BCUT2D eigenvalue weighted by Gasteiger charge is -2.26. The molecule has 4 N–H and O–H groups in total. The van der Waals surface area contributed by atoms with E-state index < -0.39 is 23.1 Å². The van der Waals surface area contributed by atoms with Gasteiger partial charge < -0.3 is 20.5 Å². The molecule has 1 aromatic rings. The maximum atomic E-state index is 11.7. The van der Waals surface area contributed by atoms with Crippen molar-refractivity contribution in [2.45, 2.75) is 19.3 Å². The highest BCUT2D eigenvalue weighted by molar-refractivity contribution is 6.39. The average Bonchev–Trinajstić information content (AvgIpc) is 2.51. The molecule has 9 heteroatoms. The first-order chi connectivity index (χ1) is 10.6. The number of anilines is 1. The van der Waals surface area contributed by atoms with Crippen molar-refractivity contribution in [3.63, 3.8) is 0 Å². The van der Waals surface area contributed by atoms with Crippen LogP contribution in [0.5, 0.6) is 0 Å². The number of amides is 2. The molecule has 1 aliphatic heterocycles. The van der Waals surface area contributed by atoms with E-state index in [-0.39, 0.29) is 5.69 Å². The summed E-state index contributed by atoms with van der Waals surface area (Å²) in [5.41, 5.74) is -1.64. The zero-order valence-electron chi connectivity index (χ0n) is 12.1. The van der Waals surface area contributed by atoms with Crippen LogP contribution in [0, 0.1) is 0 Å². The zero-order valence-corrected chi connectivity index (χ0v) is 12.1. The summed E-state index contributed by atoms with van der Waals surface area (Å²) in [6.45, 7) is 3.08. The molecule has 2 rings (SSSR count). The van der Waals surface area contributed by atoms with Crippen molar-refractivity contribution in [1.29, 1.82) is 0 Å². The molecule has 1 aliphatic rings. The molecule has 1 saturated heterocycles. The molecular formula is C13H19N5O4. The summed E-state index contributed by atoms with van der Waals surface area (Å²) in [7, 11) is 0. The summed E-state index contributed by atoms with van der Waals surface area (Å²) in [6.07, 6.45) is 4.59.